The highest BCUT2D eigenvalue weighted by Gasteiger charge is 2.32. The van der Waals surface area contributed by atoms with Crippen LogP contribution in [0.4, 0.5) is 5.69 Å². The molecule has 3 aromatic carbocycles. The zero-order chi connectivity index (χ0) is 25.6. The van der Waals surface area contributed by atoms with Gasteiger partial charge in [0.1, 0.15) is 5.37 Å². The lowest BCUT2D eigenvalue weighted by Gasteiger charge is -2.24. The normalized spacial score (nSPS) is 19.1. The Morgan fingerprint density at radius 1 is 0.946 bits per heavy atom. The van der Waals surface area contributed by atoms with E-state index >= 15 is 0 Å². The van der Waals surface area contributed by atoms with Crippen molar-refractivity contribution in [1.29, 1.82) is 0 Å². The molecule has 8 heteroatoms. The lowest BCUT2D eigenvalue weighted by Crippen LogP contribution is -2.32. The molecule has 0 radical (unpaired) electrons. The highest BCUT2D eigenvalue weighted by molar-refractivity contribution is 8.00. The van der Waals surface area contributed by atoms with Crippen LogP contribution in [0.25, 0.3) is 0 Å². The summed E-state index contributed by atoms with van der Waals surface area (Å²) < 4.78 is 5.57. The highest BCUT2D eigenvalue weighted by Crippen LogP contribution is 2.39. The number of nitrogens with zero attached hydrogens (tertiary/aromatic N) is 1. The first kappa shape index (κ1) is 25.0. The van der Waals surface area contributed by atoms with E-state index in [4.69, 9.17) is 4.74 Å². The average molecular weight is 516 g/mol. The van der Waals surface area contributed by atoms with E-state index in [0.29, 0.717) is 35.7 Å². The summed E-state index contributed by atoms with van der Waals surface area (Å²) in [5.74, 6) is -0.00806. The largest absolute Gasteiger partial charge is 0.376 e. The number of benzene rings is 3. The number of nitrogens with one attached hydrogen (secondary N) is 2. The first-order chi connectivity index (χ1) is 18.1. The number of para-hydroxylation sites is 1. The van der Waals surface area contributed by atoms with E-state index in [1.54, 1.807) is 48.2 Å². The van der Waals surface area contributed by atoms with Crippen LogP contribution in [0.1, 0.15) is 50.1 Å². The zero-order valence-corrected chi connectivity index (χ0v) is 21.2. The maximum absolute atomic E-state index is 13.0. The molecule has 3 aromatic rings. The monoisotopic (exact) mass is 515 g/mol. The molecular weight excluding hydrogens is 486 g/mol. The number of hydrogen-bond donors (Lipinski definition) is 2. The zero-order valence-electron chi connectivity index (χ0n) is 20.4. The molecule has 2 atom stereocenters. The Balaban J connectivity index is 1.24. The lowest BCUT2D eigenvalue weighted by atomic mass is 10.1. The van der Waals surface area contributed by atoms with E-state index in [1.807, 2.05) is 47.4 Å². The van der Waals surface area contributed by atoms with Crippen LogP contribution in [-0.4, -0.2) is 47.6 Å². The lowest BCUT2D eigenvalue weighted by molar-refractivity contribution is -0.128. The van der Waals surface area contributed by atoms with Gasteiger partial charge in [0.05, 0.1) is 23.1 Å². The maximum atomic E-state index is 13.0. The number of ether oxygens (including phenoxy) is 1. The molecule has 0 saturated carbocycles. The van der Waals surface area contributed by atoms with Crippen molar-refractivity contribution in [2.24, 2.45) is 0 Å². The summed E-state index contributed by atoms with van der Waals surface area (Å²) in [5.41, 5.74) is 3.38. The standard InChI is InChI=1S/C29H29N3O4S/c33-26-19-37-29(32(26)18-20-7-2-1-3-8-20)22-14-12-21(13-15-22)27(34)31-25-11-5-4-10-24(25)28(35)30-17-23-9-6-16-36-23/h1-5,7-8,10-15,23,29H,6,9,16-19H2,(H,30,35)(H,31,34)/t23-,29+/m1/s1. The van der Waals surface area contributed by atoms with E-state index in [-0.39, 0.29) is 29.2 Å². The van der Waals surface area contributed by atoms with Crippen LogP contribution in [-0.2, 0) is 16.1 Å². The van der Waals surface area contributed by atoms with Gasteiger partial charge in [-0.15, -0.1) is 11.8 Å². The number of amides is 3. The molecule has 0 bridgehead atoms. The van der Waals surface area contributed by atoms with Crippen molar-refractivity contribution < 1.29 is 19.1 Å². The van der Waals surface area contributed by atoms with Gasteiger partial charge in [0.15, 0.2) is 0 Å². The molecule has 0 aromatic heterocycles. The molecule has 0 aliphatic carbocycles. The quantitative estimate of drug-likeness (QED) is 0.457. The Hall–Kier alpha value is -3.62. The predicted molar refractivity (Wildman–Crippen MR) is 144 cm³/mol. The number of thioether (sulfide) groups is 1. The SMILES string of the molecule is O=C(Nc1ccccc1C(=O)NC[C@H]1CCCO1)c1ccc([C@@H]2SCC(=O)N2Cc2ccccc2)cc1. The van der Waals surface area contributed by atoms with Gasteiger partial charge in [-0.1, -0.05) is 54.6 Å². The van der Waals surface area contributed by atoms with Gasteiger partial charge < -0.3 is 20.3 Å². The Labute approximate surface area is 220 Å². The van der Waals surface area contributed by atoms with Crippen LogP contribution in [0, 0.1) is 0 Å². The smallest absolute Gasteiger partial charge is 0.255 e. The summed E-state index contributed by atoms with van der Waals surface area (Å²) >= 11 is 1.59. The Kier molecular flexibility index (Phi) is 7.87. The summed E-state index contributed by atoms with van der Waals surface area (Å²) in [4.78, 5) is 40.2. The van der Waals surface area contributed by atoms with Crippen LogP contribution in [0.3, 0.4) is 0 Å². The average Bonchev–Trinajstić information content (AvgIpc) is 3.58. The van der Waals surface area contributed by atoms with E-state index in [1.165, 1.54) is 0 Å². The third-order valence-corrected chi connectivity index (χ3v) is 7.81. The molecule has 0 spiro atoms. The summed E-state index contributed by atoms with van der Waals surface area (Å²) in [6, 6.07) is 24.2. The van der Waals surface area contributed by atoms with E-state index < -0.39 is 0 Å². The minimum Gasteiger partial charge on any atom is -0.376 e. The molecule has 5 rings (SSSR count). The minimum absolute atomic E-state index is 0.0427. The van der Waals surface area contributed by atoms with Gasteiger partial charge in [0.25, 0.3) is 11.8 Å². The van der Waals surface area contributed by atoms with Gasteiger partial charge in [-0.05, 0) is 48.2 Å². The van der Waals surface area contributed by atoms with Crippen molar-refractivity contribution in [3.8, 4) is 0 Å². The first-order valence-electron chi connectivity index (χ1n) is 12.4. The van der Waals surface area contributed by atoms with Crippen LogP contribution in [0.15, 0.2) is 78.9 Å². The second kappa shape index (κ2) is 11.6. The molecule has 2 N–H and O–H groups in total. The summed E-state index contributed by atoms with van der Waals surface area (Å²) in [7, 11) is 0. The molecule has 37 heavy (non-hydrogen) atoms. The number of hydrogen-bond acceptors (Lipinski definition) is 5. The number of rotatable bonds is 8. The number of carbonyl (C=O) groups excluding carboxylic acids is 3. The van der Waals surface area contributed by atoms with Crippen molar-refractivity contribution in [3.05, 3.63) is 101 Å². The van der Waals surface area contributed by atoms with Crippen molar-refractivity contribution in [1.82, 2.24) is 10.2 Å². The van der Waals surface area contributed by atoms with E-state index in [2.05, 4.69) is 10.6 Å². The fraction of sp³-hybridized carbons (Fsp3) is 0.276. The van der Waals surface area contributed by atoms with Crippen molar-refractivity contribution in [2.75, 3.05) is 24.2 Å². The summed E-state index contributed by atoms with van der Waals surface area (Å²) in [5, 5.41) is 5.68. The maximum Gasteiger partial charge on any atom is 0.255 e. The number of carbonyl (C=O) groups is 3. The Morgan fingerprint density at radius 3 is 2.46 bits per heavy atom. The fourth-order valence-corrected chi connectivity index (χ4v) is 5.76. The number of anilines is 1. The second-order valence-electron chi connectivity index (χ2n) is 9.14. The second-order valence-corrected chi connectivity index (χ2v) is 10.2. The topological polar surface area (TPSA) is 87.7 Å². The molecule has 2 heterocycles. The summed E-state index contributed by atoms with van der Waals surface area (Å²) in [6.45, 7) is 1.73. The third-order valence-electron chi connectivity index (χ3n) is 6.56. The van der Waals surface area contributed by atoms with Crippen molar-refractivity contribution in [2.45, 2.75) is 30.9 Å². The molecule has 7 nitrogen and oxygen atoms in total. The molecule has 190 valence electrons. The van der Waals surface area contributed by atoms with Crippen LogP contribution < -0.4 is 10.6 Å². The third kappa shape index (κ3) is 6.03. The van der Waals surface area contributed by atoms with Crippen LogP contribution >= 0.6 is 11.8 Å². The molecule has 0 unspecified atom stereocenters. The molecular formula is C29H29N3O4S. The molecule has 2 fully saturated rings. The van der Waals surface area contributed by atoms with Crippen LogP contribution in [0.2, 0.25) is 0 Å². The first-order valence-corrected chi connectivity index (χ1v) is 13.5. The summed E-state index contributed by atoms with van der Waals surface area (Å²) in [6.07, 6.45) is 1.99. The van der Waals surface area contributed by atoms with Gasteiger partial charge in [-0.2, -0.15) is 0 Å². The minimum atomic E-state index is -0.304. The predicted octanol–water partition coefficient (Wildman–Crippen LogP) is 4.62. The highest BCUT2D eigenvalue weighted by atomic mass is 32.2. The Morgan fingerprint density at radius 2 is 1.70 bits per heavy atom. The molecule has 3 amide bonds. The van der Waals surface area contributed by atoms with Crippen molar-refractivity contribution >= 4 is 35.2 Å². The van der Waals surface area contributed by atoms with E-state index in [0.717, 1.165) is 30.6 Å². The van der Waals surface area contributed by atoms with Gasteiger partial charge >= 0.3 is 0 Å². The van der Waals surface area contributed by atoms with E-state index in [9.17, 15) is 14.4 Å². The Bertz CT molecular complexity index is 1260. The fourth-order valence-electron chi connectivity index (χ4n) is 4.57. The van der Waals surface area contributed by atoms with Gasteiger partial charge in [0, 0.05) is 25.3 Å². The van der Waals surface area contributed by atoms with Gasteiger partial charge in [0.2, 0.25) is 5.91 Å². The van der Waals surface area contributed by atoms with Gasteiger partial charge in [-0.25, -0.2) is 0 Å². The van der Waals surface area contributed by atoms with Crippen molar-refractivity contribution in [3.63, 3.8) is 0 Å². The van der Waals surface area contributed by atoms with Crippen LogP contribution in [0.5, 0.6) is 0 Å². The van der Waals surface area contributed by atoms with Gasteiger partial charge in [-0.3, -0.25) is 14.4 Å². The molecule has 2 saturated heterocycles. The molecule has 2 aliphatic heterocycles. The molecule has 2 aliphatic rings.